The van der Waals surface area contributed by atoms with Gasteiger partial charge in [0.2, 0.25) is 0 Å². The van der Waals surface area contributed by atoms with Gasteiger partial charge in [-0.05, 0) is 30.4 Å². The van der Waals surface area contributed by atoms with Crippen LogP contribution in [0.15, 0.2) is 30.5 Å². The Morgan fingerprint density at radius 2 is 2.11 bits per heavy atom. The second-order valence-corrected chi connectivity index (χ2v) is 6.57. The summed E-state index contributed by atoms with van der Waals surface area (Å²) >= 11 is 3.35. The van der Waals surface area contributed by atoms with E-state index in [1.807, 2.05) is 43.0 Å². The van der Waals surface area contributed by atoms with Crippen molar-refractivity contribution >= 4 is 34.1 Å². The van der Waals surface area contributed by atoms with Crippen LogP contribution in [0.4, 0.5) is 5.13 Å². The van der Waals surface area contributed by atoms with Gasteiger partial charge < -0.3 is 0 Å². The number of thioether (sulfide) groups is 1. The Kier molecular flexibility index (Phi) is 4.99. The Morgan fingerprint density at radius 1 is 1.37 bits per heavy atom. The molecule has 0 bridgehead atoms. The second kappa shape index (κ2) is 6.73. The van der Waals surface area contributed by atoms with Gasteiger partial charge in [0.1, 0.15) is 0 Å². The molecule has 0 unspecified atom stereocenters. The zero-order valence-electron chi connectivity index (χ0n) is 11.0. The molecule has 3 nitrogen and oxygen atoms in total. The van der Waals surface area contributed by atoms with E-state index >= 15 is 0 Å². The molecule has 2 aromatic rings. The van der Waals surface area contributed by atoms with Crippen LogP contribution in [-0.4, -0.2) is 16.6 Å². The number of thiazole rings is 1. The monoisotopic (exact) mass is 292 g/mol. The molecule has 1 aromatic carbocycles. The lowest BCUT2D eigenvalue weighted by Gasteiger charge is -2.03. The number of nitrogens with one attached hydrogen (secondary N) is 1. The molecule has 0 saturated heterocycles. The standard InChI is InChI=1S/C14H16N2OS2/c1-3-18-9-11-4-6-12(7-5-11)13(17)16-14-15-8-10(2)19-14/h4-8H,3,9H2,1-2H3,(H,15,16,17). The predicted molar refractivity (Wildman–Crippen MR) is 83.1 cm³/mol. The topological polar surface area (TPSA) is 42.0 Å². The molecule has 19 heavy (non-hydrogen) atoms. The summed E-state index contributed by atoms with van der Waals surface area (Å²) in [6.07, 6.45) is 1.76. The molecule has 0 radical (unpaired) electrons. The van der Waals surface area contributed by atoms with E-state index in [0.29, 0.717) is 10.7 Å². The number of carbonyl (C=O) groups is 1. The summed E-state index contributed by atoms with van der Waals surface area (Å²) in [7, 11) is 0. The third kappa shape index (κ3) is 4.08. The number of carbonyl (C=O) groups excluding carboxylic acids is 1. The largest absolute Gasteiger partial charge is 0.298 e. The number of hydrogen-bond donors (Lipinski definition) is 1. The van der Waals surface area contributed by atoms with Crippen LogP contribution in [0.25, 0.3) is 0 Å². The Labute approximate surface area is 121 Å². The van der Waals surface area contributed by atoms with Crippen molar-refractivity contribution in [2.75, 3.05) is 11.1 Å². The Bertz CT molecular complexity index is 549. The SMILES string of the molecule is CCSCc1ccc(C(=O)Nc2ncc(C)s2)cc1. The summed E-state index contributed by atoms with van der Waals surface area (Å²) < 4.78 is 0. The van der Waals surface area contributed by atoms with Gasteiger partial charge in [-0.1, -0.05) is 19.1 Å². The van der Waals surface area contributed by atoms with E-state index in [0.717, 1.165) is 16.4 Å². The van der Waals surface area contributed by atoms with E-state index in [-0.39, 0.29) is 5.91 Å². The predicted octanol–water partition coefficient (Wildman–Crippen LogP) is 3.96. The maximum atomic E-state index is 12.0. The second-order valence-electron chi connectivity index (χ2n) is 4.06. The van der Waals surface area contributed by atoms with E-state index < -0.39 is 0 Å². The highest BCUT2D eigenvalue weighted by Gasteiger charge is 2.08. The van der Waals surface area contributed by atoms with Gasteiger partial charge in [-0.15, -0.1) is 11.3 Å². The molecule has 0 aliphatic rings. The van der Waals surface area contributed by atoms with E-state index in [1.165, 1.54) is 16.9 Å². The minimum atomic E-state index is -0.107. The summed E-state index contributed by atoms with van der Waals surface area (Å²) in [5, 5.41) is 3.45. The van der Waals surface area contributed by atoms with E-state index in [9.17, 15) is 4.79 Å². The van der Waals surface area contributed by atoms with Gasteiger partial charge in [0.15, 0.2) is 5.13 Å². The lowest BCUT2D eigenvalue weighted by Crippen LogP contribution is -2.11. The van der Waals surface area contributed by atoms with Gasteiger partial charge in [-0.2, -0.15) is 11.8 Å². The van der Waals surface area contributed by atoms with Gasteiger partial charge in [0.05, 0.1) is 0 Å². The molecular formula is C14H16N2OS2. The summed E-state index contributed by atoms with van der Waals surface area (Å²) in [6, 6.07) is 7.73. The highest BCUT2D eigenvalue weighted by Crippen LogP contribution is 2.18. The van der Waals surface area contributed by atoms with Crippen LogP contribution in [0.1, 0.15) is 27.7 Å². The van der Waals surface area contributed by atoms with E-state index in [1.54, 1.807) is 6.20 Å². The van der Waals surface area contributed by atoms with Gasteiger partial charge in [0, 0.05) is 22.4 Å². The molecule has 0 saturated carbocycles. The maximum Gasteiger partial charge on any atom is 0.257 e. The quantitative estimate of drug-likeness (QED) is 0.907. The van der Waals surface area contributed by atoms with Crippen LogP contribution < -0.4 is 5.32 Å². The van der Waals surface area contributed by atoms with Gasteiger partial charge in [-0.3, -0.25) is 10.1 Å². The first-order chi connectivity index (χ1) is 9.19. The molecule has 1 amide bonds. The average molecular weight is 292 g/mol. The average Bonchev–Trinajstić information content (AvgIpc) is 2.82. The molecule has 1 heterocycles. The van der Waals surface area contributed by atoms with Crippen molar-refractivity contribution in [1.82, 2.24) is 4.98 Å². The zero-order chi connectivity index (χ0) is 13.7. The molecule has 5 heteroatoms. The van der Waals surface area contributed by atoms with Gasteiger partial charge >= 0.3 is 0 Å². The Morgan fingerprint density at radius 3 is 2.68 bits per heavy atom. The molecule has 0 spiro atoms. The highest BCUT2D eigenvalue weighted by molar-refractivity contribution is 7.98. The third-order valence-corrected chi connectivity index (χ3v) is 4.30. The fourth-order valence-electron chi connectivity index (χ4n) is 1.55. The molecule has 0 aliphatic carbocycles. The number of aromatic nitrogens is 1. The molecule has 0 fully saturated rings. The normalized spacial score (nSPS) is 10.4. The van der Waals surface area contributed by atoms with Crippen molar-refractivity contribution in [3.8, 4) is 0 Å². The van der Waals surface area contributed by atoms with Crippen molar-refractivity contribution in [3.63, 3.8) is 0 Å². The molecule has 1 N–H and O–H groups in total. The Hall–Kier alpha value is -1.33. The first kappa shape index (κ1) is 14.1. The van der Waals surface area contributed by atoms with Crippen molar-refractivity contribution in [2.45, 2.75) is 19.6 Å². The summed E-state index contributed by atoms with van der Waals surface area (Å²) in [6.45, 7) is 4.11. The van der Waals surface area contributed by atoms with Crippen LogP contribution in [0.5, 0.6) is 0 Å². The number of rotatable bonds is 5. The van der Waals surface area contributed by atoms with Crippen LogP contribution in [-0.2, 0) is 5.75 Å². The van der Waals surface area contributed by atoms with Crippen molar-refractivity contribution in [1.29, 1.82) is 0 Å². The number of hydrogen-bond acceptors (Lipinski definition) is 4. The van der Waals surface area contributed by atoms with Crippen LogP contribution in [0.3, 0.4) is 0 Å². The van der Waals surface area contributed by atoms with Gasteiger partial charge in [0.25, 0.3) is 5.91 Å². The van der Waals surface area contributed by atoms with Crippen molar-refractivity contribution in [2.24, 2.45) is 0 Å². The number of amides is 1. The molecule has 100 valence electrons. The minimum absolute atomic E-state index is 0.107. The molecule has 0 aliphatic heterocycles. The highest BCUT2D eigenvalue weighted by atomic mass is 32.2. The molecule has 1 aromatic heterocycles. The number of benzene rings is 1. The lowest BCUT2D eigenvalue weighted by atomic mass is 10.1. The molecular weight excluding hydrogens is 276 g/mol. The lowest BCUT2D eigenvalue weighted by molar-refractivity contribution is 0.102. The smallest absolute Gasteiger partial charge is 0.257 e. The molecule has 2 rings (SSSR count). The number of nitrogens with zero attached hydrogens (tertiary/aromatic N) is 1. The van der Waals surface area contributed by atoms with Crippen molar-refractivity contribution in [3.05, 3.63) is 46.5 Å². The van der Waals surface area contributed by atoms with Crippen molar-refractivity contribution < 1.29 is 4.79 Å². The zero-order valence-corrected chi connectivity index (χ0v) is 12.6. The fourth-order valence-corrected chi connectivity index (χ4v) is 2.85. The Balaban J connectivity index is 1.99. The molecule has 0 atom stereocenters. The number of aryl methyl sites for hydroxylation is 1. The van der Waals surface area contributed by atoms with E-state index in [2.05, 4.69) is 17.2 Å². The first-order valence-electron chi connectivity index (χ1n) is 6.09. The summed E-state index contributed by atoms with van der Waals surface area (Å²) in [4.78, 5) is 17.2. The van der Waals surface area contributed by atoms with Crippen LogP contribution >= 0.6 is 23.1 Å². The summed E-state index contributed by atoms with van der Waals surface area (Å²) in [5.41, 5.74) is 1.91. The van der Waals surface area contributed by atoms with Crippen LogP contribution in [0, 0.1) is 6.92 Å². The third-order valence-electron chi connectivity index (χ3n) is 2.53. The first-order valence-corrected chi connectivity index (χ1v) is 8.06. The maximum absolute atomic E-state index is 12.0. The van der Waals surface area contributed by atoms with Gasteiger partial charge in [-0.25, -0.2) is 4.98 Å². The van der Waals surface area contributed by atoms with Crippen LogP contribution in [0.2, 0.25) is 0 Å². The summed E-state index contributed by atoms with van der Waals surface area (Å²) in [5.74, 6) is 1.99. The number of anilines is 1. The fraction of sp³-hybridized carbons (Fsp3) is 0.286. The minimum Gasteiger partial charge on any atom is -0.298 e. The van der Waals surface area contributed by atoms with E-state index in [4.69, 9.17) is 0 Å².